The highest BCUT2D eigenvalue weighted by molar-refractivity contribution is 7.92. The molecule has 1 aliphatic carbocycles. The molecule has 2 aromatic rings. The number of nitrogens with zero attached hydrogens (tertiary/aromatic N) is 2. The number of pyridine rings is 1. The van der Waals surface area contributed by atoms with Gasteiger partial charge in [-0.3, -0.25) is 4.31 Å². The third kappa shape index (κ3) is 4.83. The van der Waals surface area contributed by atoms with Crippen LogP contribution >= 0.6 is 0 Å². The van der Waals surface area contributed by atoms with Gasteiger partial charge >= 0.3 is 0 Å². The molecule has 1 aliphatic rings. The van der Waals surface area contributed by atoms with Crippen LogP contribution in [0.1, 0.15) is 45.4 Å². The molecule has 0 unspecified atom stereocenters. The summed E-state index contributed by atoms with van der Waals surface area (Å²) in [5.41, 5.74) is -0.0855. The van der Waals surface area contributed by atoms with Gasteiger partial charge in [-0.05, 0) is 44.0 Å². The van der Waals surface area contributed by atoms with Gasteiger partial charge in [-0.15, -0.1) is 0 Å². The molecular formula is C21H29N3O3S. The number of hydrogen-bond donors (Lipinski definition) is 2. The molecule has 7 heteroatoms. The van der Waals surface area contributed by atoms with Crippen LogP contribution in [0.5, 0.6) is 0 Å². The number of hydrogen-bond acceptors (Lipinski definition) is 5. The Labute approximate surface area is 167 Å². The Hall–Kier alpha value is -2.12. The number of sulfonamides is 1. The third-order valence-electron chi connectivity index (χ3n) is 5.29. The van der Waals surface area contributed by atoms with Crippen molar-refractivity contribution in [3.8, 4) is 0 Å². The van der Waals surface area contributed by atoms with E-state index < -0.39 is 15.6 Å². The van der Waals surface area contributed by atoms with E-state index in [1.54, 1.807) is 31.2 Å². The Bertz CT molecular complexity index is 846. The van der Waals surface area contributed by atoms with Gasteiger partial charge in [0.15, 0.2) is 0 Å². The Balaban J connectivity index is 1.70. The number of aliphatic hydroxyl groups is 1. The van der Waals surface area contributed by atoms with Gasteiger partial charge in [0, 0.05) is 19.3 Å². The highest BCUT2D eigenvalue weighted by atomic mass is 32.2. The second-order valence-electron chi connectivity index (χ2n) is 7.38. The fourth-order valence-electron chi connectivity index (χ4n) is 3.67. The fourth-order valence-corrected chi connectivity index (χ4v) is 5.09. The quantitative estimate of drug-likeness (QED) is 0.687. The zero-order valence-corrected chi connectivity index (χ0v) is 17.2. The summed E-state index contributed by atoms with van der Waals surface area (Å²) in [4.78, 5) is 4.42. The molecule has 1 saturated carbocycles. The van der Waals surface area contributed by atoms with Crippen molar-refractivity contribution in [1.29, 1.82) is 0 Å². The number of anilines is 2. The van der Waals surface area contributed by atoms with Gasteiger partial charge in [-0.25, -0.2) is 13.4 Å². The average Bonchev–Trinajstić information content (AvgIpc) is 2.93. The van der Waals surface area contributed by atoms with Crippen molar-refractivity contribution in [3.05, 3.63) is 48.7 Å². The first kappa shape index (κ1) is 20.6. The Morgan fingerprint density at radius 3 is 2.32 bits per heavy atom. The number of aromatic nitrogens is 1. The van der Waals surface area contributed by atoms with Gasteiger partial charge in [0.05, 0.1) is 11.3 Å². The maximum atomic E-state index is 13.0. The number of rotatable bonds is 7. The Kier molecular flexibility index (Phi) is 6.57. The van der Waals surface area contributed by atoms with Gasteiger partial charge in [0.1, 0.15) is 10.7 Å². The predicted octanol–water partition coefficient (Wildman–Crippen LogP) is 3.79. The Morgan fingerprint density at radius 2 is 1.75 bits per heavy atom. The third-order valence-corrected chi connectivity index (χ3v) is 7.18. The van der Waals surface area contributed by atoms with Crippen molar-refractivity contribution in [2.75, 3.05) is 22.7 Å². The minimum absolute atomic E-state index is 0.150. The van der Waals surface area contributed by atoms with E-state index in [2.05, 4.69) is 10.3 Å². The van der Waals surface area contributed by atoms with Crippen LogP contribution in [0.25, 0.3) is 0 Å². The van der Waals surface area contributed by atoms with Crippen LogP contribution in [-0.4, -0.2) is 37.2 Å². The fraction of sp³-hybridized carbons (Fsp3) is 0.476. The van der Waals surface area contributed by atoms with Crippen molar-refractivity contribution in [3.63, 3.8) is 0 Å². The van der Waals surface area contributed by atoms with E-state index in [0.29, 0.717) is 24.6 Å². The lowest BCUT2D eigenvalue weighted by Gasteiger charge is -2.27. The molecule has 6 nitrogen and oxygen atoms in total. The monoisotopic (exact) mass is 403 g/mol. The maximum Gasteiger partial charge on any atom is 0.265 e. The van der Waals surface area contributed by atoms with Gasteiger partial charge in [0.25, 0.3) is 10.0 Å². The highest BCUT2D eigenvalue weighted by Crippen LogP contribution is 2.27. The first-order chi connectivity index (χ1) is 13.4. The summed E-state index contributed by atoms with van der Waals surface area (Å²) in [7, 11) is -3.68. The second kappa shape index (κ2) is 8.92. The van der Waals surface area contributed by atoms with Gasteiger partial charge < -0.3 is 10.4 Å². The second-order valence-corrected chi connectivity index (χ2v) is 9.24. The van der Waals surface area contributed by atoms with Crippen LogP contribution < -0.4 is 9.62 Å². The number of para-hydroxylation sites is 1. The summed E-state index contributed by atoms with van der Waals surface area (Å²) >= 11 is 0. The summed E-state index contributed by atoms with van der Waals surface area (Å²) in [6.07, 6.45) is 7.36. The van der Waals surface area contributed by atoms with Crippen molar-refractivity contribution in [2.45, 2.75) is 55.9 Å². The van der Waals surface area contributed by atoms with Gasteiger partial charge in [-0.2, -0.15) is 0 Å². The molecule has 0 aliphatic heterocycles. The summed E-state index contributed by atoms with van der Waals surface area (Å²) in [6.45, 7) is 2.57. The summed E-state index contributed by atoms with van der Waals surface area (Å²) in [6, 6.07) is 12.3. The minimum Gasteiger partial charge on any atom is -0.388 e. The van der Waals surface area contributed by atoms with Crippen molar-refractivity contribution < 1.29 is 13.5 Å². The minimum atomic E-state index is -3.68. The molecule has 0 bridgehead atoms. The molecule has 0 spiro atoms. The molecule has 1 aromatic carbocycles. The molecule has 2 N–H and O–H groups in total. The van der Waals surface area contributed by atoms with E-state index in [0.717, 1.165) is 25.7 Å². The van der Waals surface area contributed by atoms with Crippen molar-refractivity contribution in [2.24, 2.45) is 0 Å². The van der Waals surface area contributed by atoms with Crippen molar-refractivity contribution >= 4 is 21.5 Å². The van der Waals surface area contributed by atoms with E-state index in [1.165, 1.54) is 23.3 Å². The molecule has 0 saturated heterocycles. The van der Waals surface area contributed by atoms with Crippen LogP contribution in [0, 0.1) is 0 Å². The molecule has 28 heavy (non-hydrogen) atoms. The van der Waals surface area contributed by atoms with E-state index >= 15 is 0 Å². The summed E-state index contributed by atoms with van der Waals surface area (Å²) in [5, 5.41) is 13.9. The molecule has 0 amide bonds. The van der Waals surface area contributed by atoms with Crippen molar-refractivity contribution in [1.82, 2.24) is 4.98 Å². The molecule has 0 atom stereocenters. The largest absolute Gasteiger partial charge is 0.388 e. The average molecular weight is 404 g/mol. The summed E-state index contributed by atoms with van der Waals surface area (Å²) in [5.74, 6) is 0.569. The van der Waals surface area contributed by atoms with Crippen LogP contribution in [0.4, 0.5) is 11.5 Å². The van der Waals surface area contributed by atoms with Crippen LogP contribution in [-0.2, 0) is 10.0 Å². The highest BCUT2D eigenvalue weighted by Gasteiger charge is 2.28. The Morgan fingerprint density at radius 1 is 1.07 bits per heavy atom. The van der Waals surface area contributed by atoms with Crippen LogP contribution in [0.2, 0.25) is 0 Å². The lowest BCUT2D eigenvalue weighted by atomic mass is 9.94. The molecule has 3 rings (SSSR count). The zero-order valence-electron chi connectivity index (χ0n) is 16.3. The molecule has 1 aromatic heterocycles. The summed E-state index contributed by atoms with van der Waals surface area (Å²) < 4.78 is 27.4. The van der Waals surface area contributed by atoms with E-state index in [1.807, 2.05) is 18.2 Å². The lowest BCUT2D eigenvalue weighted by Crippen LogP contribution is -2.36. The standard InChI is InChI=1S/C21H29N3O3S/c1-2-24(18-10-6-5-7-11-18)28(26,27)19-12-13-20(22-16-19)23-17-21(25)14-8-3-4-9-15-21/h5-7,10-13,16,25H,2-4,8-9,14-15,17H2,1H3,(H,22,23). The maximum absolute atomic E-state index is 13.0. The molecule has 1 fully saturated rings. The first-order valence-corrected chi connectivity index (χ1v) is 11.4. The zero-order chi connectivity index (χ0) is 20.0. The van der Waals surface area contributed by atoms with Gasteiger partial charge in [0.2, 0.25) is 0 Å². The molecule has 152 valence electrons. The first-order valence-electron chi connectivity index (χ1n) is 9.95. The van der Waals surface area contributed by atoms with Gasteiger partial charge in [-0.1, -0.05) is 43.9 Å². The van der Waals surface area contributed by atoms with Crippen LogP contribution in [0.15, 0.2) is 53.6 Å². The van der Waals surface area contributed by atoms with E-state index in [4.69, 9.17) is 0 Å². The molecule has 0 radical (unpaired) electrons. The molecular weight excluding hydrogens is 374 g/mol. The smallest absolute Gasteiger partial charge is 0.265 e. The van der Waals surface area contributed by atoms with Crippen LogP contribution in [0.3, 0.4) is 0 Å². The number of nitrogens with one attached hydrogen (secondary N) is 1. The van der Waals surface area contributed by atoms with E-state index in [-0.39, 0.29) is 4.90 Å². The number of benzene rings is 1. The predicted molar refractivity (Wildman–Crippen MR) is 112 cm³/mol. The normalized spacial score (nSPS) is 16.9. The topological polar surface area (TPSA) is 82.5 Å². The SMILES string of the molecule is CCN(c1ccccc1)S(=O)(=O)c1ccc(NCC2(O)CCCCCC2)nc1. The lowest BCUT2D eigenvalue weighted by molar-refractivity contribution is 0.0380. The molecule has 1 heterocycles. The van der Waals surface area contributed by atoms with E-state index in [9.17, 15) is 13.5 Å².